The number of aryl methyl sites for hydroxylation is 1. The van der Waals surface area contributed by atoms with Crippen LogP contribution in [0.15, 0.2) is 41.1 Å². The Bertz CT molecular complexity index is 653. The Kier molecular flexibility index (Phi) is 6.35. The molecule has 0 bridgehead atoms. The van der Waals surface area contributed by atoms with Gasteiger partial charge in [-0.05, 0) is 36.4 Å². The highest BCUT2D eigenvalue weighted by Crippen LogP contribution is 2.11. The van der Waals surface area contributed by atoms with E-state index in [1.807, 2.05) is 35.4 Å². The predicted molar refractivity (Wildman–Crippen MR) is 93.5 cm³/mol. The Balaban J connectivity index is 1.83. The Labute approximate surface area is 141 Å². The minimum atomic E-state index is -0.124. The molecule has 0 aliphatic carbocycles. The van der Waals surface area contributed by atoms with Crippen molar-refractivity contribution in [3.8, 4) is 0 Å². The van der Waals surface area contributed by atoms with Crippen LogP contribution in [0.4, 0.5) is 0 Å². The highest BCUT2D eigenvalue weighted by molar-refractivity contribution is 7.08. The summed E-state index contributed by atoms with van der Waals surface area (Å²) in [6.07, 6.45) is 0.315. The van der Waals surface area contributed by atoms with Crippen LogP contribution in [0.2, 0.25) is 0 Å². The Hall–Kier alpha value is -2.14. The summed E-state index contributed by atoms with van der Waals surface area (Å²) < 4.78 is 0. The third kappa shape index (κ3) is 4.93. The summed E-state index contributed by atoms with van der Waals surface area (Å²) in [7, 11) is 0. The standard InChI is InChI=1S/C18H22N2O2S/c1-3-20(12-15-7-5-4-6-14(15)2)17(21)8-10-19-18(22)16-9-11-23-13-16/h4-7,9,11,13H,3,8,10,12H2,1-2H3,(H,19,22). The van der Waals surface area contributed by atoms with Gasteiger partial charge in [0.25, 0.3) is 5.91 Å². The molecule has 0 unspecified atom stereocenters. The van der Waals surface area contributed by atoms with Crippen LogP contribution < -0.4 is 5.32 Å². The van der Waals surface area contributed by atoms with Gasteiger partial charge in [-0.25, -0.2) is 0 Å². The molecule has 0 saturated heterocycles. The second-order valence-corrected chi connectivity index (χ2v) is 6.13. The van der Waals surface area contributed by atoms with Gasteiger partial charge in [0, 0.05) is 37.0 Å². The number of nitrogens with one attached hydrogen (secondary N) is 1. The van der Waals surface area contributed by atoms with E-state index >= 15 is 0 Å². The molecular weight excluding hydrogens is 308 g/mol. The molecule has 1 aromatic carbocycles. The van der Waals surface area contributed by atoms with E-state index in [9.17, 15) is 9.59 Å². The number of carbonyl (C=O) groups excluding carboxylic acids is 2. The first-order valence-electron chi connectivity index (χ1n) is 7.74. The molecule has 0 saturated carbocycles. The first-order chi connectivity index (χ1) is 11.1. The van der Waals surface area contributed by atoms with Crippen molar-refractivity contribution in [2.75, 3.05) is 13.1 Å². The van der Waals surface area contributed by atoms with Crippen LogP contribution in [-0.2, 0) is 11.3 Å². The fourth-order valence-electron chi connectivity index (χ4n) is 2.31. The average Bonchev–Trinajstić information content (AvgIpc) is 3.08. The van der Waals surface area contributed by atoms with Crippen LogP contribution in [0.25, 0.3) is 0 Å². The lowest BCUT2D eigenvalue weighted by Gasteiger charge is -2.22. The van der Waals surface area contributed by atoms with E-state index in [1.54, 1.807) is 11.4 Å². The first-order valence-corrected chi connectivity index (χ1v) is 8.68. The SMILES string of the molecule is CCN(Cc1ccccc1C)C(=O)CCNC(=O)c1ccsc1. The van der Waals surface area contributed by atoms with E-state index in [4.69, 9.17) is 0 Å². The molecule has 4 nitrogen and oxygen atoms in total. The molecule has 0 radical (unpaired) electrons. The Morgan fingerprint density at radius 3 is 2.65 bits per heavy atom. The normalized spacial score (nSPS) is 10.3. The third-order valence-electron chi connectivity index (χ3n) is 3.76. The lowest BCUT2D eigenvalue weighted by atomic mass is 10.1. The first kappa shape index (κ1) is 17.2. The maximum atomic E-state index is 12.3. The molecular formula is C18H22N2O2S. The number of hydrogen-bond donors (Lipinski definition) is 1. The summed E-state index contributed by atoms with van der Waals surface area (Å²) in [5.74, 6) is -0.0672. The van der Waals surface area contributed by atoms with Gasteiger partial charge in [-0.3, -0.25) is 9.59 Å². The van der Waals surface area contributed by atoms with Gasteiger partial charge in [0.2, 0.25) is 5.91 Å². The maximum absolute atomic E-state index is 12.3. The number of carbonyl (C=O) groups is 2. The second-order valence-electron chi connectivity index (χ2n) is 5.35. The van der Waals surface area contributed by atoms with Crippen LogP contribution in [0.3, 0.4) is 0 Å². The fraction of sp³-hybridized carbons (Fsp3) is 0.333. The van der Waals surface area contributed by atoms with Crippen molar-refractivity contribution in [1.29, 1.82) is 0 Å². The molecule has 122 valence electrons. The number of nitrogens with zero attached hydrogens (tertiary/aromatic N) is 1. The van der Waals surface area contributed by atoms with E-state index in [0.717, 1.165) is 5.56 Å². The van der Waals surface area contributed by atoms with Crippen LogP contribution in [0.1, 0.15) is 34.8 Å². The van der Waals surface area contributed by atoms with E-state index in [2.05, 4.69) is 18.3 Å². The molecule has 1 heterocycles. The molecule has 1 N–H and O–H groups in total. The lowest BCUT2D eigenvalue weighted by molar-refractivity contribution is -0.131. The second kappa shape index (κ2) is 8.48. The van der Waals surface area contributed by atoms with Crippen LogP contribution in [0, 0.1) is 6.92 Å². The van der Waals surface area contributed by atoms with Gasteiger partial charge in [0.15, 0.2) is 0 Å². The van der Waals surface area contributed by atoms with Gasteiger partial charge < -0.3 is 10.2 Å². The highest BCUT2D eigenvalue weighted by atomic mass is 32.1. The molecule has 0 aliphatic heterocycles. The van der Waals surface area contributed by atoms with Crippen LogP contribution in [-0.4, -0.2) is 29.8 Å². The molecule has 0 aliphatic rings. The highest BCUT2D eigenvalue weighted by Gasteiger charge is 2.13. The number of rotatable bonds is 7. The van der Waals surface area contributed by atoms with Gasteiger partial charge in [0.1, 0.15) is 0 Å². The van der Waals surface area contributed by atoms with Gasteiger partial charge in [0.05, 0.1) is 0 Å². The number of thiophene rings is 1. The van der Waals surface area contributed by atoms with Crippen molar-refractivity contribution in [1.82, 2.24) is 10.2 Å². The van der Waals surface area contributed by atoms with Crippen molar-refractivity contribution in [2.45, 2.75) is 26.8 Å². The lowest BCUT2D eigenvalue weighted by Crippen LogP contribution is -2.34. The molecule has 0 spiro atoms. The molecule has 1 aromatic heterocycles. The largest absolute Gasteiger partial charge is 0.351 e. The van der Waals surface area contributed by atoms with E-state index in [1.165, 1.54) is 16.9 Å². The quantitative estimate of drug-likeness (QED) is 0.847. The summed E-state index contributed by atoms with van der Waals surface area (Å²) in [4.78, 5) is 26.0. The maximum Gasteiger partial charge on any atom is 0.252 e. The van der Waals surface area contributed by atoms with Crippen molar-refractivity contribution in [3.63, 3.8) is 0 Å². The number of benzene rings is 1. The summed E-state index contributed by atoms with van der Waals surface area (Å²) in [6, 6.07) is 9.86. The van der Waals surface area contributed by atoms with Gasteiger partial charge in [-0.1, -0.05) is 24.3 Å². The molecule has 0 atom stereocenters. The molecule has 2 rings (SSSR count). The minimum absolute atomic E-state index is 0.0568. The van der Waals surface area contributed by atoms with Gasteiger partial charge in [-0.2, -0.15) is 11.3 Å². The van der Waals surface area contributed by atoms with Crippen LogP contribution in [0.5, 0.6) is 0 Å². The Morgan fingerprint density at radius 1 is 1.22 bits per heavy atom. The third-order valence-corrected chi connectivity index (χ3v) is 4.45. The summed E-state index contributed by atoms with van der Waals surface area (Å²) >= 11 is 1.48. The van der Waals surface area contributed by atoms with Gasteiger partial charge in [-0.15, -0.1) is 0 Å². The fourth-order valence-corrected chi connectivity index (χ4v) is 2.94. The zero-order valence-corrected chi connectivity index (χ0v) is 14.4. The summed E-state index contributed by atoms with van der Waals surface area (Å²) in [6.45, 7) is 5.65. The molecule has 2 amide bonds. The zero-order chi connectivity index (χ0) is 16.7. The molecule has 5 heteroatoms. The minimum Gasteiger partial charge on any atom is -0.351 e. The molecule has 0 fully saturated rings. The average molecular weight is 330 g/mol. The van der Waals surface area contributed by atoms with E-state index in [0.29, 0.717) is 31.6 Å². The molecule has 23 heavy (non-hydrogen) atoms. The van der Waals surface area contributed by atoms with Crippen molar-refractivity contribution in [3.05, 3.63) is 57.8 Å². The summed E-state index contributed by atoms with van der Waals surface area (Å²) in [5.41, 5.74) is 2.99. The zero-order valence-electron chi connectivity index (χ0n) is 13.5. The monoisotopic (exact) mass is 330 g/mol. The Morgan fingerprint density at radius 2 is 2.00 bits per heavy atom. The number of hydrogen-bond acceptors (Lipinski definition) is 3. The van der Waals surface area contributed by atoms with E-state index in [-0.39, 0.29) is 11.8 Å². The number of amides is 2. The predicted octanol–water partition coefficient (Wildman–Crippen LogP) is 3.23. The van der Waals surface area contributed by atoms with Crippen LogP contribution >= 0.6 is 11.3 Å². The van der Waals surface area contributed by atoms with Crippen molar-refractivity contribution < 1.29 is 9.59 Å². The van der Waals surface area contributed by atoms with Crippen molar-refractivity contribution >= 4 is 23.2 Å². The van der Waals surface area contributed by atoms with Crippen molar-refractivity contribution in [2.24, 2.45) is 0 Å². The molecule has 2 aromatic rings. The van der Waals surface area contributed by atoms with E-state index < -0.39 is 0 Å². The smallest absolute Gasteiger partial charge is 0.252 e. The van der Waals surface area contributed by atoms with Gasteiger partial charge >= 0.3 is 0 Å². The topological polar surface area (TPSA) is 49.4 Å². The summed E-state index contributed by atoms with van der Waals surface area (Å²) in [5, 5.41) is 6.45.